The van der Waals surface area contributed by atoms with Crippen LogP contribution in [0.25, 0.3) is 17.3 Å². The molecule has 0 bridgehead atoms. The third-order valence-corrected chi connectivity index (χ3v) is 4.42. The van der Waals surface area contributed by atoms with Gasteiger partial charge in [0.05, 0.1) is 18.6 Å². The topological polar surface area (TPSA) is 64.4 Å². The van der Waals surface area contributed by atoms with Gasteiger partial charge in [-0.05, 0) is 42.0 Å². The Bertz CT molecular complexity index is 897. The number of benzene rings is 1. The van der Waals surface area contributed by atoms with Crippen LogP contribution in [0.15, 0.2) is 52.5 Å². The second kappa shape index (κ2) is 6.33. The van der Waals surface area contributed by atoms with Crippen LogP contribution in [0.3, 0.4) is 0 Å². The first-order valence-electron chi connectivity index (χ1n) is 7.52. The number of hydrogen-bond donors (Lipinski definition) is 1. The van der Waals surface area contributed by atoms with Gasteiger partial charge in [0.25, 0.3) is 0 Å². The number of thiazole rings is 1. The fraction of sp³-hybridized carbons (Fsp3) is 0.111. The zero-order chi connectivity index (χ0) is 16.4. The molecule has 6 heteroatoms. The zero-order valence-corrected chi connectivity index (χ0v) is 13.5. The van der Waals surface area contributed by atoms with Crippen molar-refractivity contribution in [2.24, 2.45) is 0 Å². The Kier molecular flexibility index (Phi) is 3.88. The van der Waals surface area contributed by atoms with Crippen LogP contribution in [0.1, 0.15) is 11.3 Å². The van der Waals surface area contributed by atoms with Crippen molar-refractivity contribution in [3.8, 4) is 17.0 Å². The van der Waals surface area contributed by atoms with E-state index in [-0.39, 0.29) is 5.91 Å². The predicted molar refractivity (Wildman–Crippen MR) is 93.1 cm³/mol. The maximum absolute atomic E-state index is 11.9. The van der Waals surface area contributed by atoms with Crippen molar-refractivity contribution in [2.75, 3.05) is 11.9 Å². The molecule has 1 amide bonds. The second-order valence-electron chi connectivity index (χ2n) is 5.30. The Labute approximate surface area is 142 Å². The minimum absolute atomic E-state index is 0.241. The van der Waals surface area contributed by atoms with Crippen molar-refractivity contribution in [3.05, 3.63) is 59.4 Å². The largest absolute Gasteiger partial charge is 0.493 e. The summed E-state index contributed by atoms with van der Waals surface area (Å²) in [7, 11) is 0. The number of fused-ring (bicyclic) bond motifs is 1. The van der Waals surface area contributed by atoms with Crippen LogP contribution in [0, 0.1) is 0 Å². The van der Waals surface area contributed by atoms with E-state index in [1.807, 2.05) is 17.5 Å². The summed E-state index contributed by atoms with van der Waals surface area (Å²) in [4.78, 5) is 16.4. The van der Waals surface area contributed by atoms with Gasteiger partial charge in [-0.3, -0.25) is 10.1 Å². The number of aromatic nitrogens is 1. The Balaban J connectivity index is 1.46. The summed E-state index contributed by atoms with van der Waals surface area (Å²) in [6.07, 6.45) is 5.53. The molecule has 24 heavy (non-hydrogen) atoms. The average Bonchev–Trinajstić information content (AvgIpc) is 3.33. The molecule has 120 valence electrons. The van der Waals surface area contributed by atoms with Gasteiger partial charge in [0.1, 0.15) is 11.5 Å². The summed E-state index contributed by atoms with van der Waals surface area (Å²) in [5.41, 5.74) is 3.08. The molecule has 0 aliphatic carbocycles. The van der Waals surface area contributed by atoms with Crippen molar-refractivity contribution in [1.82, 2.24) is 4.98 Å². The molecule has 3 heterocycles. The van der Waals surface area contributed by atoms with E-state index < -0.39 is 0 Å². The highest BCUT2D eigenvalue weighted by molar-refractivity contribution is 7.14. The first-order valence-corrected chi connectivity index (χ1v) is 8.40. The molecule has 3 aromatic rings. The van der Waals surface area contributed by atoms with E-state index in [0.717, 1.165) is 30.0 Å². The Morgan fingerprint density at radius 2 is 2.29 bits per heavy atom. The Morgan fingerprint density at radius 3 is 3.17 bits per heavy atom. The summed E-state index contributed by atoms with van der Waals surface area (Å²) < 4.78 is 10.7. The second-order valence-corrected chi connectivity index (χ2v) is 6.15. The summed E-state index contributed by atoms with van der Waals surface area (Å²) in [5.74, 6) is 1.34. The molecule has 1 aliphatic heterocycles. The number of rotatable bonds is 4. The lowest BCUT2D eigenvalue weighted by Gasteiger charge is -2.01. The molecule has 0 saturated heterocycles. The molecule has 0 spiro atoms. The van der Waals surface area contributed by atoms with Crippen molar-refractivity contribution >= 4 is 28.5 Å². The third kappa shape index (κ3) is 3.09. The van der Waals surface area contributed by atoms with Gasteiger partial charge in [-0.25, -0.2) is 4.98 Å². The van der Waals surface area contributed by atoms with Gasteiger partial charge in [0.15, 0.2) is 5.13 Å². The average molecular weight is 338 g/mol. The fourth-order valence-electron chi connectivity index (χ4n) is 2.50. The van der Waals surface area contributed by atoms with Gasteiger partial charge in [-0.15, -0.1) is 11.3 Å². The van der Waals surface area contributed by atoms with Gasteiger partial charge >= 0.3 is 0 Å². The molecule has 0 fully saturated rings. The van der Waals surface area contributed by atoms with E-state index in [4.69, 9.17) is 9.15 Å². The highest BCUT2D eigenvalue weighted by atomic mass is 32.1. The minimum Gasteiger partial charge on any atom is -0.493 e. The number of nitrogens with one attached hydrogen (secondary N) is 1. The van der Waals surface area contributed by atoms with Gasteiger partial charge in [-0.2, -0.15) is 0 Å². The predicted octanol–water partition coefficient (Wildman–Crippen LogP) is 3.99. The fourth-order valence-corrected chi connectivity index (χ4v) is 3.22. The first kappa shape index (κ1) is 14.7. The third-order valence-electron chi connectivity index (χ3n) is 3.66. The number of carbonyl (C=O) groups is 1. The van der Waals surface area contributed by atoms with E-state index in [0.29, 0.717) is 10.9 Å². The Hall–Kier alpha value is -2.86. The molecule has 1 aliphatic rings. The lowest BCUT2D eigenvalue weighted by molar-refractivity contribution is -0.111. The molecule has 5 nitrogen and oxygen atoms in total. The van der Waals surface area contributed by atoms with Crippen molar-refractivity contribution < 1.29 is 13.9 Å². The molecular weight excluding hydrogens is 324 g/mol. The van der Waals surface area contributed by atoms with E-state index in [9.17, 15) is 4.79 Å². The maximum atomic E-state index is 11.9. The van der Waals surface area contributed by atoms with Crippen molar-refractivity contribution in [3.63, 3.8) is 0 Å². The SMILES string of the molecule is O=C(C=Cc1ccco1)Nc1nc(-c2ccc3c(c2)CCO3)cs1. The normalized spacial score (nSPS) is 13.0. The van der Waals surface area contributed by atoms with Crippen LogP contribution >= 0.6 is 11.3 Å². The molecule has 1 aromatic carbocycles. The highest BCUT2D eigenvalue weighted by Crippen LogP contribution is 2.31. The van der Waals surface area contributed by atoms with Crippen LogP contribution in [0.5, 0.6) is 5.75 Å². The molecule has 4 rings (SSSR count). The maximum Gasteiger partial charge on any atom is 0.250 e. The minimum atomic E-state index is -0.241. The number of amides is 1. The standard InChI is InChI=1S/C18H14N2O3S/c21-17(6-4-14-2-1-8-22-14)20-18-19-15(11-24-18)12-3-5-16-13(10-12)7-9-23-16/h1-6,8,10-11H,7,9H2,(H,19,20,21). The van der Waals surface area contributed by atoms with Crippen molar-refractivity contribution in [1.29, 1.82) is 0 Å². The molecule has 0 unspecified atom stereocenters. The van der Waals surface area contributed by atoms with E-state index in [1.165, 1.54) is 23.0 Å². The van der Waals surface area contributed by atoms with E-state index >= 15 is 0 Å². The summed E-state index contributed by atoms with van der Waals surface area (Å²) in [6, 6.07) is 9.61. The van der Waals surface area contributed by atoms with Gasteiger partial charge < -0.3 is 9.15 Å². The number of furan rings is 1. The molecular formula is C18H14N2O3S. The van der Waals surface area contributed by atoms with E-state index in [2.05, 4.69) is 16.4 Å². The summed E-state index contributed by atoms with van der Waals surface area (Å²) >= 11 is 1.40. The van der Waals surface area contributed by atoms with Crippen LogP contribution in [-0.4, -0.2) is 17.5 Å². The quantitative estimate of drug-likeness (QED) is 0.731. The smallest absolute Gasteiger partial charge is 0.250 e. The van der Waals surface area contributed by atoms with Gasteiger partial charge in [0.2, 0.25) is 5.91 Å². The summed E-state index contributed by atoms with van der Waals surface area (Å²) in [6.45, 7) is 0.735. The van der Waals surface area contributed by atoms with Crippen LogP contribution in [0.4, 0.5) is 5.13 Å². The van der Waals surface area contributed by atoms with Crippen LogP contribution in [0.2, 0.25) is 0 Å². The number of anilines is 1. The number of ether oxygens (including phenoxy) is 1. The Morgan fingerprint density at radius 1 is 1.33 bits per heavy atom. The van der Waals surface area contributed by atoms with Crippen LogP contribution < -0.4 is 10.1 Å². The van der Waals surface area contributed by atoms with Crippen molar-refractivity contribution in [2.45, 2.75) is 6.42 Å². The number of nitrogens with zero attached hydrogens (tertiary/aromatic N) is 1. The molecule has 0 atom stereocenters. The lowest BCUT2D eigenvalue weighted by Crippen LogP contribution is -2.07. The summed E-state index contributed by atoms with van der Waals surface area (Å²) in [5, 5.41) is 5.26. The zero-order valence-electron chi connectivity index (χ0n) is 12.7. The molecule has 1 N–H and O–H groups in total. The molecule has 2 aromatic heterocycles. The first-order chi connectivity index (χ1) is 11.8. The number of carbonyl (C=O) groups excluding carboxylic acids is 1. The van der Waals surface area contributed by atoms with Gasteiger partial charge in [0, 0.05) is 23.4 Å². The lowest BCUT2D eigenvalue weighted by atomic mass is 10.1. The monoisotopic (exact) mass is 338 g/mol. The van der Waals surface area contributed by atoms with Gasteiger partial charge in [-0.1, -0.05) is 0 Å². The van der Waals surface area contributed by atoms with Crippen LogP contribution in [-0.2, 0) is 11.2 Å². The highest BCUT2D eigenvalue weighted by Gasteiger charge is 2.14. The molecule has 0 saturated carbocycles. The number of hydrogen-bond acceptors (Lipinski definition) is 5. The molecule has 0 radical (unpaired) electrons. The van der Waals surface area contributed by atoms with E-state index in [1.54, 1.807) is 24.5 Å².